The van der Waals surface area contributed by atoms with Gasteiger partial charge in [-0.25, -0.2) is 4.79 Å². The predicted molar refractivity (Wildman–Crippen MR) is 83.0 cm³/mol. The Morgan fingerprint density at radius 1 is 1.35 bits per heavy atom. The third-order valence-electron chi connectivity index (χ3n) is 3.11. The van der Waals surface area contributed by atoms with Crippen molar-refractivity contribution in [2.24, 2.45) is 5.92 Å². The Morgan fingerprint density at radius 3 is 2.50 bits per heavy atom. The molecule has 108 valence electrons. The number of nitrogens with zero attached hydrogens (tertiary/aromatic N) is 1. The predicted octanol–water partition coefficient (Wildman–Crippen LogP) is 4.38. The molecule has 7 heteroatoms. The maximum atomic E-state index is 12.0. The average Bonchev–Trinajstić information content (AvgIpc) is 2.66. The number of carbonyl (C=O) groups is 1. The number of ether oxygens (including phenoxy) is 1. The van der Waals surface area contributed by atoms with E-state index in [9.17, 15) is 4.79 Å². The molecule has 4 nitrogen and oxygen atoms in total. The van der Waals surface area contributed by atoms with Crippen molar-refractivity contribution < 1.29 is 9.53 Å². The van der Waals surface area contributed by atoms with Crippen molar-refractivity contribution in [1.82, 2.24) is 9.55 Å². The topological polar surface area (TPSA) is 47.0 Å². The number of imidazole rings is 1. The van der Waals surface area contributed by atoms with Gasteiger partial charge in [0.1, 0.15) is 6.04 Å². The van der Waals surface area contributed by atoms with Gasteiger partial charge in [-0.3, -0.25) is 0 Å². The van der Waals surface area contributed by atoms with Crippen LogP contribution in [0.1, 0.15) is 19.9 Å². The van der Waals surface area contributed by atoms with Crippen molar-refractivity contribution >= 4 is 52.4 Å². The maximum absolute atomic E-state index is 12.0. The molecule has 1 atom stereocenters. The van der Waals surface area contributed by atoms with Crippen LogP contribution in [0.2, 0.25) is 10.0 Å². The molecule has 0 bridgehead atoms. The Morgan fingerprint density at radius 2 is 1.95 bits per heavy atom. The molecule has 0 saturated carbocycles. The Balaban J connectivity index is 2.75. The van der Waals surface area contributed by atoms with Crippen molar-refractivity contribution in [3.05, 3.63) is 26.9 Å². The monoisotopic (exact) mass is 332 g/mol. The van der Waals surface area contributed by atoms with E-state index in [4.69, 9.17) is 40.2 Å². The van der Waals surface area contributed by atoms with Crippen LogP contribution in [0, 0.1) is 10.7 Å². The molecule has 1 unspecified atom stereocenters. The quantitative estimate of drug-likeness (QED) is 0.670. The summed E-state index contributed by atoms with van der Waals surface area (Å²) >= 11 is 17.4. The van der Waals surface area contributed by atoms with E-state index >= 15 is 0 Å². The van der Waals surface area contributed by atoms with Gasteiger partial charge in [0, 0.05) is 0 Å². The number of rotatable bonds is 3. The van der Waals surface area contributed by atoms with E-state index in [0.717, 1.165) is 11.0 Å². The summed E-state index contributed by atoms with van der Waals surface area (Å²) in [5, 5.41) is 0.844. The number of fused-ring (bicyclic) bond motifs is 1. The first-order chi connectivity index (χ1) is 9.36. The number of H-pyrrole nitrogens is 1. The fourth-order valence-electron chi connectivity index (χ4n) is 2.19. The molecule has 1 aromatic carbocycles. The van der Waals surface area contributed by atoms with Crippen LogP contribution < -0.4 is 0 Å². The molecule has 0 fully saturated rings. The third-order valence-corrected chi connectivity index (χ3v) is 4.13. The number of carbonyl (C=O) groups excluding carboxylic acids is 1. The largest absolute Gasteiger partial charge is 0.467 e. The first kappa shape index (κ1) is 15.4. The molecular formula is C13H14Cl2N2O2S. The van der Waals surface area contributed by atoms with Crippen LogP contribution in [0.15, 0.2) is 12.1 Å². The molecule has 1 aromatic heterocycles. The number of aromatic amines is 1. The zero-order chi connectivity index (χ0) is 15.0. The van der Waals surface area contributed by atoms with Gasteiger partial charge in [0.05, 0.1) is 28.2 Å². The molecule has 1 heterocycles. The van der Waals surface area contributed by atoms with Gasteiger partial charge in [-0.2, -0.15) is 0 Å². The van der Waals surface area contributed by atoms with E-state index in [1.54, 1.807) is 16.7 Å². The van der Waals surface area contributed by atoms with Crippen LogP contribution in [-0.2, 0) is 9.53 Å². The highest BCUT2D eigenvalue weighted by molar-refractivity contribution is 7.71. The Kier molecular flexibility index (Phi) is 4.42. The molecule has 0 radical (unpaired) electrons. The van der Waals surface area contributed by atoms with Crippen LogP contribution >= 0.6 is 35.4 Å². The number of hydrogen-bond donors (Lipinski definition) is 1. The van der Waals surface area contributed by atoms with Gasteiger partial charge in [-0.05, 0) is 30.3 Å². The molecule has 2 aromatic rings. The van der Waals surface area contributed by atoms with Gasteiger partial charge in [0.2, 0.25) is 0 Å². The lowest BCUT2D eigenvalue weighted by atomic mass is 10.0. The number of aromatic nitrogens is 2. The van der Waals surface area contributed by atoms with Crippen molar-refractivity contribution in [2.45, 2.75) is 19.9 Å². The maximum Gasteiger partial charge on any atom is 0.329 e. The van der Waals surface area contributed by atoms with E-state index in [0.29, 0.717) is 14.8 Å². The molecule has 0 saturated heterocycles. The smallest absolute Gasteiger partial charge is 0.329 e. The second-order valence-electron chi connectivity index (χ2n) is 4.80. The highest BCUT2D eigenvalue weighted by Crippen LogP contribution is 2.31. The Labute approximate surface area is 131 Å². The van der Waals surface area contributed by atoms with Crippen molar-refractivity contribution in [3.63, 3.8) is 0 Å². The van der Waals surface area contributed by atoms with E-state index in [1.165, 1.54) is 7.11 Å². The lowest BCUT2D eigenvalue weighted by Gasteiger charge is -2.20. The minimum Gasteiger partial charge on any atom is -0.467 e. The van der Waals surface area contributed by atoms with Crippen molar-refractivity contribution in [1.29, 1.82) is 0 Å². The molecule has 0 spiro atoms. The SMILES string of the molecule is COC(=O)C(C(C)C)n1c(=S)[nH]c2cc(Cl)c(Cl)cc21. The number of hydrogen-bond acceptors (Lipinski definition) is 3. The highest BCUT2D eigenvalue weighted by atomic mass is 35.5. The van der Waals surface area contributed by atoms with E-state index in [2.05, 4.69) is 4.98 Å². The second-order valence-corrected chi connectivity index (χ2v) is 6.00. The summed E-state index contributed by atoms with van der Waals surface area (Å²) in [4.78, 5) is 15.1. The summed E-state index contributed by atoms with van der Waals surface area (Å²) < 4.78 is 7.03. The number of nitrogens with one attached hydrogen (secondary N) is 1. The summed E-state index contributed by atoms with van der Waals surface area (Å²) in [7, 11) is 1.36. The van der Waals surface area contributed by atoms with Gasteiger partial charge in [-0.15, -0.1) is 0 Å². The summed E-state index contributed by atoms with van der Waals surface area (Å²) in [6.07, 6.45) is 0. The van der Waals surface area contributed by atoms with Crippen LogP contribution in [0.5, 0.6) is 0 Å². The third kappa shape index (κ3) is 2.57. The van der Waals surface area contributed by atoms with Gasteiger partial charge in [0.15, 0.2) is 4.77 Å². The van der Waals surface area contributed by atoms with Crippen LogP contribution in [0.4, 0.5) is 0 Å². The fraction of sp³-hybridized carbons (Fsp3) is 0.385. The summed E-state index contributed by atoms with van der Waals surface area (Å²) in [6, 6.07) is 2.88. The number of halogens is 2. The van der Waals surface area contributed by atoms with Crippen LogP contribution in [-0.4, -0.2) is 22.6 Å². The molecule has 0 aliphatic carbocycles. The van der Waals surface area contributed by atoms with E-state index in [-0.39, 0.29) is 11.9 Å². The molecular weight excluding hydrogens is 319 g/mol. The Hall–Kier alpha value is -1.04. The number of esters is 1. The van der Waals surface area contributed by atoms with Crippen LogP contribution in [0.3, 0.4) is 0 Å². The normalized spacial score (nSPS) is 12.9. The van der Waals surface area contributed by atoms with Gasteiger partial charge in [0.25, 0.3) is 0 Å². The zero-order valence-electron chi connectivity index (χ0n) is 11.2. The summed E-state index contributed by atoms with van der Waals surface area (Å²) in [5.74, 6) is -0.328. The standard InChI is InChI=1S/C13H14Cl2N2O2S/c1-6(2)11(12(18)19-3)17-10-5-8(15)7(14)4-9(10)16-13(17)20/h4-6,11H,1-3H3,(H,16,20). The van der Waals surface area contributed by atoms with Gasteiger partial charge in [-0.1, -0.05) is 37.0 Å². The van der Waals surface area contributed by atoms with Gasteiger partial charge < -0.3 is 14.3 Å². The molecule has 0 amide bonds. The first-order valence-electron chi connectivity index (χ1n) is 6.04. The second kappa shape index (κ2) is 5.76. The lowest BCUT2D eigenvalue weighted by molar-refractivity contribution is -0.145. The molecule has 1 N–H and O–H groups in total. The molecule has 0 aliphatic rings. The van der Waals surface area contributed by atoms with E-state index < -0.39 is 6.04 Å². The fourth-order valence-corrected chi connectivity index (χ4v) is 2.84. The first-order valence-corrected chi connectivity index (χ1v) is 7.20. The minimum absolute atomic E-state index is 0.0163. The molecule has 2 rings (SSSR count). The van der Waals surface area contributed by atoms with Crippen LogP contribution in [0.25, 0.3) is 11.0 Å². The van der Waals surface area contributed by atoms with Gasteiger partial charge >= 0.3 is 5.97 Å². The lowest BCUT2D eigenvalue weighted by Crippen LogP contribution is -2.25. The average molecular weight is 333 g/mol. The van der Waals surface area contributed by atoms with Crippen molar-refractivity contribution in [3.8, 4) is 0 Å². The number of methoxy groups -OCH3 is 1. The highest BCUT2D eigenvalue weighted by Gasteiger charge is 2.27. The van der Waals surface area contributed by atoms with Crippen molar-refractivity contribution in [2.75, 3.05) is 7.11 Å². The summed E-state index contributed by atoms with van der Waals surface area (Å²) in [6.45, 7) is 3.86. The Bertz CT molecular complexity index is 721. The van der Waals surface area contributed by atoms with E-state index in [1.807, 2.05) is 13.8 Å². The number of benzene rings is 1. The summed E-state index contributed by atoms with van der Waals surface area (Å²) in [5.41, 5.74) is 1.47. The minimum atomic E-state index is -0.515. The molecule has 0 aliphatic heterocycles. The zero-order valence-corrected chi connectivity index (χ0v) is 13.6. The molecule has 20 heavy (non-hydrogen) atoms.